The number of aliphatic hydroxyl groups excluding tert-OH is 1. The number of carbonyl (C=O) groups is 2. The van der Waals surface area contributed by atoms with Crippen LogP contribution in [-0.2, 0) is 9.59 Å². The average Bonchev–Trinajstić information content (AvgIpc) is 3.07. The van der Waals surface area contributed by atoms with Crippen molar-refractivity contribution in [1.29, 1.82) is 0 Å². The molecule has 1 heterocycles. The van der Waals surface area contributed by atoms with Gasteiger partial charge in [0.25, 0.3) is 0 Å². The van der Waals surface area contributed by atoms with Gasteiger partial charge >= 0.3 is 0 Å². The number of aliphatic hydroxyl groups is 1. The second-order valence-corrected chi connectivity index (χ2v) is 7.28. The minimum atomic E-state index is -0.437. The predicted octanol–water partition coefficient (Wildman–Crippen LogP) is 2.30. The van der Waals surface area contributed by atoms with Gasteiger partial charge in [0.15, 0.2) is 0 Å². The molecule has 2 amide bonds. The van der Waals surface area contributed by atoms with Crippen LogP contribution < -0.4 is 5.32 Å². The molecule has 1 saturated heterocycles. The van der Waals surface area contributed by atoms with E-state index in [9.17, 15) is 14.7 Å². The Labute approximate surface area is 150 Å². The normalized spacial score (nSPS) is 19.7. The summed E-state index contributed by atoms with van der Waals surface area (Å²) in [4.78, 5) is 26.6. The number of carbonyl (C=O) groups excluding carboxylic acids is 2. The summed E-state index contributed by atoms with van der Waals surface area (Å²) in [5.74, 6) is -0.0826. The van der Waals surface area contributed by atoms with Crippen LogP contribution in [0.15, 0.2) is 30.3 Å². The molecule has 25 heavy (non-hydrogen) atoms. The number of benzene rings is 1. The van der Waals surface area contributed by atoms with Crippen molar-refractivity contribution in [3.05, 3.63) is 35.9 Å². The number of nitrogens with one attached hydrogen (secondary N) is 1. The highest BCUT2D eigenvalue weighted by Gasteiger charge is 2.35. The van der Waals surface area contributed by atoms with Crippen LogP contribution in [0.5, 0.6) is 0 Å². The molecule has 3 unspecified atom stereocenters. The van der Waals surface area contributed by atoms with Crippen LogP contribution in [0.3, 0.4) is 0 Å². The highest BCUT2D eigenvalue weighted by molar-refractivity contribution is 5.88. The smallest absolute Gasteiger partial charge is 0.242 e. The second kappa shape index (κ2) is 8.99. The molecule has 0 bridgehead atoms. The van der Waals surface area contributed by atoms with Crippen LogP contribution in [0.1, 0.15) is 51.5 Å². The molecule has 0 saturated carbocycles. The maximum absolute atomic E-state index is 12.6. The second-order valence-electron chi connectivity index (χ2n) is 7.28. The lowest BCUT2D eigenvalue weighted by molar-refractivity contribution is -0.140. The molecular weight excluding hydrogens is 316 g/mol. The minimum absolute atomic E-state index is 0.0428. The van der Waals surface area contributed by atoms with Crippen molar-refractivity contribution in [2.24, 2.45) is 5.92 Å². The van der Waals surface area contributed by atoms with Crippen molar-refractivity contribution in [2.45, 2.75) is 58.1 Å². The van der Waals surface area contributed by atoms with E-state index in [0.717, 1.165) is 18.4 Å². The largest absolute Gasteiger partial charge is 0.393 e. The summed E-state index contributed by atoms with van der Waals surface area (Å²) in [6.07, 6.45) is 1.74. The summed E-state index contributed by atoms with van der Waals surface area (Å²) in [7, 11) is 0. The Kier molecular flexibility index (Phi) is 7.00. The molecule has 1 aliphatic heterocycles. The third kappa shape index (κ3) is 5.30. The fourth-order valence-corrected chi connectivity index (χ4v) is 3.45. The van der Waals surface area contributed by atoms with Gasteiger partial charge in [0.05, 0.1) is 6.10 Å². The first kappa shape index (κ1) is 19.4. The van der Waals surface area contributed by atoms with Gasteiger partial charge in [-0.25, -0.2) is 0 Å². The van der Waals surface area contributed by atoms with E-state index in [1.165, 1.54) is 0 Å². The van der Waals surface area contributed by atoms with E-state index >= 15 is 0 Å². The molecule has 0 radical (unpaired) electrons. The Hall–Kier alpha value is -1.88. The topological polar surface area (TPSA) is 69.6 Å². The fraction of sp³-hybridized carbons (Fsp3) is 0.600. The van der Waals surface area contributed by atoms with E-state index < -0.39 is 6.10 Å². The van der Waals surface area contributed by atoms with Gasteiger partial charge in [-0.15, -0.1) is 0 Å². The number of likely N-dealkylation sites (tertiary alicyclic amines) is 1. The maximum Gasteiger partial charge on any atom is 0.242 e. The number of rotatable bonds is 7. The van der Waals surface area contributed by atoms with Gasteiger partial charge in [0, 0.05) is 24.9 Å². The maximum atomic E-state index is 12.6. The van der Waals surface area contributed by atoms with Crippen molar-refractivity contribution in [1.82, 2.24) is 10.2 Å². The summed E-state index contributed by atoms with van der Waals surface area (Å²) in [6, 6.07) is 9.55. The predicted molar refractivity (Wildman–Crippen MR) is 98.1 cm³/mol. The van der Waals surface area contributed by atoms with E-state index in [1.807, 2.05) is 44.2 Å². The van der Waals surface area contributed by atoms with Crippen molar-refractivity contribution >= 4 is 11.8 Å². The van der Waals surface area contributed by atoms with Crippen LogP contribution in [0, 0.1) is 5.92 Å². The van der Waals surface area contributed by atoms with Crippen molar-refractivity contribution < 1.29 is 14.7 Å². The van der Waals surface area contributed by atoms with Crippen LogP contribution in [0.2, 0.25) is 0 Å². The first-order chi connectivity index (χ1) is 11.9. The van der Waals surface area contributed by atoms with Gasteiger partial charge in [-0.05, 0) is 31.7 Å². The zero-order valence-electron chi connectivity index (χ0n) is 15.4. The molecule has 1 fully saturated rings. The van der Waals surface area contributed by atoms with Gasteiger partial charge in [-0.2, -0.15) is 0 Å². The average molecular weight is 346 g/mol. The van der Waals surface area contributed by atoms with Crippen LogP contribution >= 0.6 is 0 Å². The highest BCUT2D eigenvalue weighted by atomic mass is 16.3. The van der Waals surface area contributed by atoms with Crippen molar-refractivity contribution in [2.75, 3.05) is 13.1 Å². The lowest BCUT2D eigenvalue weighted by Gasteiger charge is -2.27. The standard InChI is InChI=1S/C20H30N2O3/c1-14(2)20(25)22-11-7-10-18(22)19(24)21-13-17(12-15(3)23)16-8-5-4-6-9-16/h4-6,8-9,14-15,17-18,23H,7,10-13H2,1-3H3,(H,21,24). The van der Waals surface area contributed by atoms with Crippen molar-refractivity contribution in [3.63, 3.8) is 0 Å². The molecular formula is C20H30N2O3. The van der Waals surface area contributed by atoms with E-state index in [1.54, 1.807) is 11.8 Å². The monoisotopic (exact) mass is 346 g/mol. The van der Waals surface area contributed by atoms with Gasteiger partial charge in [0.1, 0.15) is 6.04 Å². The molecule has 0 aliphatic carbocycles. The van der Waals surface area contributed by atoms with E-state index in [-0.39, 0.29) is 29.7 Å². The van der Waals surface area contributed by atoms with Crippen molar-refractivity contribution in [3.8, 4) is 0 Å². The fourth-order valence-electron chi connectivity index (χ4n) is 3.45. The quantitative estimate of drug-likeness (QED) is 0.796. The van der Waals surface area contributed by atoms with Crippen LogP contribution in [0.4, 0.5) is 0 Å². The Bertz CT molecular complexity index is 572. The zero-order chi connectivity index (χ0) is 18.4. The summed E-state index contributed by atoms with van der Waals surface area (Å²) in [5.41, 5.74) is 1.10. The Morgan fingerprint density at radius 2 is 1.92 bits per heavy atom. The highest BCUT2D eigenvalue weighted by Crippen LogP contribution is 2.22. The number of hydrogen-bond acceptors (Lipinski definition) is 3. The molecule has 0 aromatic heterocycles. The lowest BCUT2D eigenvalue weighted by Crippen LogP contribution is -2.48. The van der Waals surface area contributed by atoms with E-state index in [0.29, 0.717) is 19.5 Å². The Balaban J connectivity index is 1.99. The molecule has 1 aliphatic rings. The molecule has 5 heteroatoms. The third-order valence-electron chi connectivity index (χ3n) is 4.75. The van der Waals surface area contributed by atoms with Gasteiger partial charge in [0.2, 0.25) is 11.8 Å². The summed E-state index contributed by atoms with van der Waals surface area (Å²) < 4.78 is 0. The first-order valence-electron chi connectivity index (χ1n) is 9.21. The summed E-state index contributed by atoms with van der Waals surface area (Å²) >= 11 is 0. The van der Waals surface area contributed by atoms with Gasteiger partial charge in [-0.3, -0.25) is 9.59 Å². The Morgan fingerprint density at radius 3 is 2.52 bits per heavy atom. The third-order valence-corrected chi connectivity index (χ3v) is 4.75. The molecule has 5 nitrogen and oxygen atoms in total. The molecule has 3 atom stereocenters. The first-order valence-corrected chi connectivity index (χ1v) is 9.21. The molecule has 1 aromatic carbocycles. The van der Waals surface area contributed by atoms with E-state index in [2.05, 4.69) is 5.32 Å². The zero-order valence-corrected chi connectivity index (χ0v) is 15.4. The number of amides is 2. The molecule has 0 spiro atoms. The molecule has 138 valence electrons. The lowest BCUT2D eigenvalue weighted by atomic mass is 9.93. The van der Waals surface area contributed by atoms with Gasteiger partial charge in [-0.1, -0.05) is 44.2 Å². The molecule has 2 N–H and O–H groups in total. The Morgan fingerprint density at radius 1 is 1.24 bits per heavy atom. The minimum Gasteiger partial charge on any atom is -0.393 e. The SMILES string of the molecule is CC(O)CC(CNC(=O)C1CCCN1C(=O)C(C)C)c1ccccc1. The molecule has 2 rings (SSSR count). The van der Waals surface area contributed by atoms with E-state index in [4.69, 9.17) is 0 Å². The van der Waals surface area contributed by atoms with Crippen LogP contribution in [0.25, 0.3) is 0 Å². The van der Waals surface area contributed by atoms with Crippen LogP contribution in [-0.4, -0.2) is 47.1 Å². The number of nitrogens with zero attached hydrogens (tertiary/aromatic N) is 1. The number of hydrogen-bond donors (Lipinski definition) is 2. The summed E-state index contributed by atoms with van der Waals surface area (Å²) in [6.45, 7) is 6.62. The van der Waals surface area contributed by atoms with Gasteiger partial charge < -0.3 is 15.3 Å². The molecule has 1 aromatic rings. The summed E-state index contributed by atoms with van der Waals surface area (Å²) in [5, 5.41) is 12.8.